The van der Waals surface area contributed by atoms with Crippen molar-refractivity contribution in [2.24, 2.45) is 0 Å². The zero-order chi connectivity index (χ0) is 15.8. The van der Waals surface area contributed by atoms with Gasteiger partial charge in [0.15, 0.2) is 0 Å². The van der Waals surface area contributed by atoms with Gasteiger partial charge in [0.2, 0.25) is 0 Å². The van der Waals surface area contributed by atoms with Crippen molar-refractivity contribution in [3.8, 4) is 0 Å². The minimum absolute atomic E-state index is 0.102. The molecule has 1 saturated carbocycles. The first kappa shape index (κ1) is 16.5. The van der Waals surface area contributed by atoms with Crippen molar-refractivity contribution in [3.63, 3.8) is 0 Å². The average Bonchev–Trinajstić information content (AvgIpc) is 3.20. The van der Waals surface area contributed by atoms with Gasteiger partial charge in [-0.25, -0.2) is 0 Å². The molecule has 1 aromatic rings. The molecule has 6 heteroatoms. The predicted molar refractivity (Wildman–Crippen MR) is 85.3 cm³/mol. The Bertz CT molecular complexity index is 539. The van der Waals surface area contributed by atoms with E-state index in [2.05, 4.69) is 33.3 Å². The maximum absolute atomic E-state index is 12.2. The fourth-order valence-corrected chi connectivity index (χ4v) is 3.11. The van der Waals surface area contributed by atoms with E-state index in [9.17, 15) is 4.79 Å². The third kappa shape index (κ3) is 3.48. The average molecular weight is 358 g/mol. The van der Waals surface area contributed by atoms with Gasteiger partial charge in [0.1, 0.15) is 5.54 Å². The van der Waals surface area contributed by atoms with Crippen molar-refractivity contribution in [1.29, 1.82) is 0 Å². The van der Waals surface area contributed by atoms with Crippen molar-refractivity contribution >= 4 is 21.9 Å². The number of nitrogens with zero attached hydrogens (tertiary/aromatic N) is 2. The van der Waals surface area contributed by atoms with Crippen LogP contribution in [0.3, 0.4) is 0 Å². The standard InChI is InChI=1S/C15H24BrN3O2/c1-9(19-11(3)13(16)10(2)18-19)8-15(4,14(20)21-5)17-12-6-7-12/h9,12,17H,6-8H2,1-5H3. The number of rotatable bonds is 6. The molecule has 2 rings (SSSR count). The van der Waals surface area contributed by atoms with Gasteiger partial charge in [0, 0.05) is 6.04 Å². The molecule has 1 aliphatic rings. The number of methoxy groups -OCH3 is 1. The molecule has 1 heterocycles. The van der Waals surface area contributed by atoms with Gasteiger partial charge in [0.25, 0.3) is 0 Å². The van der Waals surface area contributed by atoms with Crippen molar-refractivity contribution in [2.75, 3.05) is 7.11 Å². The predicted octanol–water partition coefficient (Wildman–Crippen LogP) is 2.90. The van der Waals surface area contributed by atoms with Gasteiger partial charge in [-0.2, -0.15) is 5.10 Å². The number of hydrogen-bond acceptors (Lipinski definition) is 4. The summed E-state index contributed by atoms with van der Waals surface area (Å²) in [5.41, 5.74) is 1.38. The number of aromatic nitrogens is 2. The van der Waals surface area contributed by atoms with E-state index < -0.39 is 5.54 Å². The molecule has 118 valence electrons. The minimum atomic E-state index is -0.673. The summed E-state index contributed by atoms with van der Waals surface area (Å²) < 4.78 is 8.01. The number of halogens is 1. The van der Waals surface area contributed by atoms with Gasteiger partial charge in [-0.05, 0) is 62.9 Å². The molecule has 2 unspecified atom stereocenters. The highest BCUT2D eigenvalue weighted by molar-refractivity contribution is 9.10. The van der Waals surface area contributed by atoms with Crippen molar-refractivity contribution in [2.45, 2.75) is 64.6 Å². The molecule has 0 spiro atoms. The number of esters is 1. The molecule has 2 atom stereocenters. The normalized spacial score (nSPS) is 19.1. The van der Waals surface area contributed by atoms with Crippen molar-refractivity contribution in [3.05, 3.63) is 15.9 Å². The Morgan fingerprint density at radius 2 is 2.19 bits per heavy atom. The molecule has 21 heavy (non-hydrogen) atoms. The van der Waals surface area contributed by atoms with Gasteiger partial charge >= 0.3 is 5.97 Å². The highest BCUT2D eigenvalue weighted by atomic mass is 79.9. The number of hydrogen-bond donors (Lipinski definition) is 1. The van der Waals surface area contributed by atoms with Crippen LogP contribution in [-0.2, 0) is 9.53 Å². The summed E-state index contributed by atoms with van der Waals surface area (Å²) in [6.45, 7) is 8.02. The quantitative estimate of drug-likeness (QED) is 0.795. The zero-order valence-corrected chi connectivity index (χ0v) is 15.0. The molecule has 0 amide bonds. The molecule has 1 aromatic heterocycles. The second kappa shape index (κ2) is 6.08. The van der Waals surface area contributed by atoms with Crippen LogP contribution in [0.15, 0.2) is 4.47 Å². The first-order chi connectivity index (χ1) is 9.78. The first-order valence-corrected chi connectivity index (χ1v) is 8.15. The summed E-state index contributed by atoms with van der Waals surface area (Å²) >= 11 is 3.55. The summed E-state index contributed by atoms with van der Waals surface area (Å²) in [5.74, 6) is -0.207. The number of carbonyl (C=O) groups excluding carboxylic acids is 1. The van der Waals surface area contributed by atoms with Crippen LogP contribution >= 0.6 is 15.9 Å². The Balaban J connectivity index is 2.18. The third-order valence-electron chi connectivity index (χ3n) is 4.09. The van der Waals surface area contributed by atoms with Crippen LogP contribution in [0.25, 0.3) is 0 Å². The molecule has 0 saturated heterocycles. The molecule has 5 nitrogen and oxygen atoms in total. The van der Waals surface area contributed by atoms with E-state index in [0.29, 0.717) is 12.5 Å². The molecule has 0 radical (unpaired) electrons. The van der Waals surface area contributed by atoms with E-state index in [1.807, 2.05) is 25.5 Å². The number of ether oxygens (including phenoxy) is 1. The Morgan fingerprint density at radius 1 is 1.57 bits per heavy atom. The van der Waals surface area contributed by atoms with E-state index in [0.717, 1.165) is 28.7 Å². The third-order valence-corrected chi connectivity index (χ3v) is 5.24. The van der Waals surface area contributed by atoms with Crippen LogP contribution in [0, 0.1) is 13.8 Å². The Kier molecular flexibility index (Phi) is 4.78. The summed E-state index contributed by atoms with van der Waals surface area (Å²) in [4.78, 5) is 12.2. The van der Waals surface area contributed by atoms with Gasteiger partial charge < -0.3 is 4.74 Å². The maximum Gasteiger partial charge on any atom is 0.325 e. The zero-order valence-electron chi connectivity index (χ0n) is 13.4. The lowest BCUT2D eigenvalue weighted by molar-refractivity contribution is -0.148. The van der Waals surface area contributed by atoms with E-state index in [1.165, 1.54) is 7.11 Å². The molecule has 1 N–H and O–H groups in total. The number of nitrogens with one attached hydrogen (secondary N) is 1. The van der Waals surface area contributed by atoms with E-state index in [4.69, 9.17) is 4.74 Å². The SMILES string of the molecule is COC(=O)C(C)(CC(C)n1nc(C)c(Br)c1C)NC1CC1. The van der Waals surface area contributed by atoms with Gasteiger partial charge in [-0.3, -0.25) is 14.8 Å². The van der Waals surface area contributed by atoms with Crippen molar-refractivity contribution in [1.82, 2.24) is 15.1 Å². The van der Waals surface area contributed by atoms with Gasteiger partial charge in [-0.1, -0.05) is 0 Å². The molecule has 0 aliphatic heterocycles. The second-order valence-electron chi connectivity index (χ2n) is 6.22. The number of carbonyl (C=O) groups is 1. The van der Waals surface area contributed by atoms with E-state index >= 15 is 0 Å². The van der Waals surface area contributed by atoms with Gasteiger partial charge in [0.05, 0.1) is 29.0 Å². The maximum atomic E-state index is 12.2. The summed E-state index contributed by atoms with van der Waals surface area (Å²) in [7, 11) is 1.44. The van der Waals surface area contributed by atoms with Crippen LogP contribution in [-0.4, -0.2) is 34.4 Å². The van der Waals surface area contributed by atoms with Crippen LogP contribution in [0.1, 0.15) is 50.5 Å². The Morgan fingerprint density at radius 3 is 2.62 bits per heavy atom. The smallest absolute Gasteiger partial charge is 0.325 e. The topological polar surface area (TPSA) is 56.2 Å². The lowest BCUT2D eigenvalue weighted by atomic mass is 9.93. The summed E-state index contributed by atoms with van der Waals surface area (Å²) in [6.07, 6.45) is 2.91. The fourth-order valence-electron chi connectivity index (χ4n) is 2.85. The minimum Gasteiger partial charge on any atom is -0.468 e. The van der Waals surface area contributed by atoms with Crippen LogP contribution < -0.4 is 5.32 Å². The van der Waals surface area contributed by atoms with Crippen LogP contribution in [0.5, 0.6) is 0 Å². The molecule has 1 aliphatic carbocycles. The van der Waals surface area contributed by atoms with Crippen molar-refractivity contribution < 1.29 is 9.53 Å². The van der Waals surface area contributed by atoms with Gasteiger partial charge in [-0.15, -0.1) is 0 Å². The largest absolute Gasteiger partial charge is 0.468 e. The lowest BCUT2D eigenvalue weighted by Crippen LogP contribution is -2.52. The summed E-state index contributed by atoms with van der Waals surface area (Å²) in [6, 6.07) is 0.541. The lowest BCUT2D eigenvalue weighted by Gasteiger charge is -2.31. The molecular weight excluding hydrogens is 334 g/mol. The molecular formula is C15H24BrN3O2. The second-order valence-corrected chi connectivity index (χ2v) is 7.02. The fraction of sp³-hybridized carbons (Fsp3) is 0.733. The first-order valence-electron chi connectivity index (χ1n) is 7.36. The molecule has 0 aromatic carbocycles. The van der Waals surface area contributed by atoms with Crippen LogP contribution in [0.4, 0.5) is 0 Å². The monoisotopic (exact) mass is 357 g/mol. The van der Waals surface area contributed by atoms with E-state index in [-0.39, 0.29) is 12.0 Å². The number of aryl methyl sites for hydroxylation is 1. The molecule has 1 fully saturated rings. The Hall–Kier alpha value is -0.880. The van der Waals surface area contributed by atoms with E-state index in [1.54, 1.807) is 0 Å². The van der Waals surface area contributed by atoms with Crippen LogP contribution in [0.2, 0.25) is 0 Å². The highest BCUT2D eigenvalue weighted by Crippen LogP contribution is 2.30. The summed E-state index contributed by atoms with van der Waals surface area (Å²) in [5, 5.41) is 8.00. The highest BCUT2D eigenvalue weighted by Gasteiger charge is 2.41. The Labute approximate surface area is 134 Å². The molecule has 0 bridgehead atoms.